The Morgan fingerprint density at radius 2 is 2.00 bits per heavy atom. The van der Waals surface area contributed by atoms with Crippen LogP contribution in [-0.4, -0.2) is 36.5 Å². The number of fused-ring (bicyclic) bond motifs is 5. The molecule has 7 atom stereocenters. The fourth-order valence-electron chi connectivity index (χ4n) is 7.24. The van der Waals surface area contributed by atoms with Gasteiger partial charge in [-0.25, -0.2) is 9.78 Å². The van der Waals surface area contributed by atoms with E-state index in [0.29, 0.717) is 31.0 Å². The van der Waals surface area contributed by atoms with Crippen LogP contribution in [0.25, 0.3) is 0 Å². The van der Waals surface area contributed by atoms with Crippen molar-refractivity contribution < 1.29 is 24.4 Å². The predicted octanol–water partition coefficient (Wildman–Crippen LogP) is 4.19. The lowest BCUT2D eigenvalue weighted by molar-refractivity contribution is -0.314. The molecule has 0 aromatic heterocycles. The molecule has 0 aliphatic heterocycles. The normalized spacial score (nSPS) is 44.9. The van der Waals surface area contributed by atoms with E-state index in [4.69, 9.17) is 14.5 Å². The Kier molecular flexibility index (Phi) is 5.62. The second kappa shape index (κ2) is 7.73. The first kappa shape index (κ1) is 20.4. The molecule has 4 rings (SSSR count). The second-order valence-corrected chi connectivity index (χ2v) is 9.83. The summed E-state index contributed by atoms with van der Waals surface area (Å²) in [5.74, 6) is 1.11. The van der Waals surface area contributed by atoms with Crippen LogP contribution in [0.3, 0.4) is 0 Å². The average molecular weight is 393 g/mol. The summed E-state index contributed by atoms with van der Waals surface area (Å²) in [6.45, 7) is 7.06. The molecular formula is C23H36O5. The molecule has 5 heteroatoms. The van der Waals surface area contributed by atoms with Crippen LogP contribution in [0.5, 0.6) is 0 Å². The van der Waals surface area contributed by atoms with E-state index in [0.717, 1.165) is 32.1 Å². The van der Waals surface area contributed by atoms with Crippen LogP contribution in [0.15, 0.2) is 11.6 Å². The van der Waals surface area contributed by atoms with Gasteiger partial charge in [0.15, 0.2) is 0 Å². The van der Waals surface area contributed by atoms with Crippen molar-refractivity contribution in [1.82, 2.24) is 0 Å². The number of carbonyl (C=O) groups excluding carboxylic acids is 1. The molecule has 1 N–H and O–H groups in total. The summed E-state index contributed by atoms with van der Waals surface area (Å²) in [7, 11) is 0. The maximum Gasteiger partial charge on any atom is 0.302 e. The molecule has 0 bridgehead atoms. The van der Waals surface area contributed by atoms with Gasteiger partial charge in [-0.2, -0.15) is 0 Å². The van der Waals surface area contributed by atoms with Crippen LogP contribution < -0.4 is 0 Å². The lowest BCUT2D eigenvalue weighted by atomic mass is 9.47. The molecule has 0 heterocycles. The Balaban J connectivity index is 1.57. The first-order valence-corrected chi connectivity index (χ1v) is 11.2. The molecule has 0 spiro atoms. The number of esters is 1. The fourth-order valence-corrected chi connectivity index (χ4v) is 7.24. The van der Waals surface area contributed by atoms with Gasteiger partial charge in [0.1, 0.15) is 6.10 Å². The maximum absolute atomic E-state index is 11.4. The molecule has 4 aliphatic carbocycles. The van der Waals surface area contributed by atoms with Gasteiger partial charge in [-0.1, -0.05) is 25.0 Å². The summed E-state index contributed by atoms with van der Waals surface area (Å²) in [6, 6.07) is 0. The molecule has 0 saturated heterocycles. The Morgan fingerprint density at radius 3 is 2.75 bits per heavy atom. The monoisotopic (exact) mass is 392 g/mol. The third-order valence-electron chi connectivity index (χ3n) is 8.49. The number of aliphatic hydroxyl groups is 1. The quantitative estimate of drug-likeness (QED) is 0.250. The Morgan fingerprint density at radius 1 is 1.18 bits per heavy atom. The van der Waals surface area contributed by atoms with Gasteiger partial charge < -0.3 is 9.84 Å². The number of carbonyl (C=O) groups is 1. The van der Waals surface area contributed by atoms with E-state index < -0.39 is 6.10 Å². The van der Waals surface area contributed by atoms with Gasteiger partial charge in [0.2, 0.25) is 0 Å². The molecule has 5 nitrogen and oxygen atoms in total. The van der Waals surface area contributed by atoms with E-state index in [2.05, 4.69) is 13.0 Å². The molecule has 0 aromatic rings. The standard InChI is InChI=1S/C23H36O5/c1-4-26-27-14-23-9-5-6-19(23)21-18(8-11-23)22(3)10-7-17(28-15(2)24)12-16(22)13-20(21)25/h13,17-21,25H,4-12,14H2,1-3H3/t17-,18+,19+,20-,21-,22+,23+/m1/s1. The van der Waals surface area contributed by atoms with E-state index in [-0.39, 0.29) is 22.9 Å². The van der Waals surface area contributed by atoms with Crippen molar-refractivity contribution >= 4 is 5.97 Å². The Hall–Kier alpha value is -0.910. The van der Waals surface area contributed by atoms with Gasteiger partial charge in [-0.05, 0) is 68.6 Å². The highest BCUT2D eigenvalue weighted by Gasteiger charge is 2.59. The molecule has 0 aromatic carbocycles. The van der Waals surface area contributed by atoms with Crippen molar-refractivity contribution in [3.63, 3.8) is 0 Å². The summed E-state index contributed by atoms with van der Waals surface area (Å²) in [6.07, 6.45) is 10.3. The van der Waals surface area contributed by atoms with Gasteiger partial charge >= 0.3 is 5.97 Å². The van der Waals surface area contributed by atoms with E-state index >= 15 is 0 Å². The predicted molar refractivity (Wildman–Crippen MR) is 105 cm³/mol. The minimum Gasteiger partial charge on any atom is -0.462 e. The molecule has 0 radical (unpaired) electrons. The minimum absolute atomic E-state index is 0.0330. The second-order valence-electron chi connectivity index (χ2n) is 9.83. The first-order chi connectivity index (χ1) is 13.4. The van der Waals surface area contributed by atoms with E-state index in [1.807, 2.05) is 6.92 Å². The van der Waals surface area contributed by atoms with Gasteiger partial charge in [-0.3, -0.25) is 4.79 Å². The summed E-state index contributed by atoms with van der Waals surface area (Å²) in [5.41, 5.74) is 1.60. The summed E-state index contributed by atoms with van der Waals surface area (Å²) in [4.78, 5) is 22.2. The third kappa shape index (κ3) is 3.33. The summed E-state index contributed by atoms with van der Waals surface area (Å²) >= 11 is 0. The van der Waals surface area contributed by atoms with Crippen LogP contribution in [0.2, 0.25) is 0 Å². The molecular weight excluding hydrogens is 356 g/mol. The maximum atomic E-state index is 11.4. The Bertz CT molecular complexity index is 630. The first-order valence-electron chi connectivity index (χ1n) is 11.2. The van der Waals surface area contributed by atoms with Crippen molar-refractivity contribution in [2.24, 2.45) is 28.6 Å². The van der Waals surface area contributed by atoms with Gasteiger partial charge in [-0.15, -0.1) is 0 Å². The highest BCUT2D eigenvalue weighted by Crippen LogP contribution is 2.65. The van der Waals surface area contributed by atoms with Crippen LogP contribution in [-0.2, 0) is 19.3 Å². The van der Waals surface area contributed by atoms with E-state index in [1.165, 1.54) is 31.8 Å². The van der Waals surface area contributed by atoms with Crippen molar-refractivity contribution in [3.8, 4) is 0 Å². The number of hydrogen-bond acceptors (Lipinski definition) is 5. The van der Waals surface area contributed by atoms with Gasteiger partial charge in [0.05, 0.1) is 19.3 Å². The van der Waals surface area contributed by atoms with Crippen molar-refractivity contribution in [2.75, 3.05) is 13.2 Å². The largest absolute Gasteiger partial charge is 0.462 e. The average Bonchev–Trinajstić information content (AvgIpc) is 3.07. The minimum atomic E-state index is -0.404. The van der Waals surface area contributed by atoms with E-state index in [9.17, 15) is 9.90 Å². The smallest absolute Gasteiger partial charge is 0.302 e. The molecule has 0 amide bonds. The van der Waals surface area contributed by atoms with Gasteiger partial charge in [0, 0.05) is 18.8 Å². The number of aliphatic hydroxyl groups excluding tert-OH is 1. The topological polar surface area (TPSA) is 65.0 Å². The fraction of sp³-hybridized carbons (Fsp3) is 0.870. The van der Waals surface area contributed by atoms with Crippen LogP contribution in [0.1, 0.15) is 72.1 Å². The molecule has 3 fully saturated rings. The molecule has 28 heavy (non-hydrogen) atoms. The highest BCUT2D eigenvalue weighted by molar-refractivity contribution is 5.66. The zero-order valence-corrected chi connectivity index (χ0v) is 17.6. The van der Waals surface area contributed by atoms with Crippen molar-refractivity contribution in [1.29, 1.82) is 0 Å². The van der Waals surface area contributed by atoms with Crippen LogP contribution in [0.4, 0.5) is 0 Å². The number of rotatable bonds is 5. The summed E-state index contributed by atoms with van der Waals surface area (Å²) in [5, 5.41) is 11.2. The number of ether oxygens (including phenoxy) is 1. The SMILES string of the molecule is CCOOC[C@@]12CCC[C@H]1[C@@H]1[C@H](O)C=C3C[C@H](OC(C)=O)CC[C@]3(C)[C@H]1CC2. The third-order valence-corrected chi connectivity index (χ3v) is 8.49. The van der Waals surface area contributed by atoms with Gasteiger partial charge in [0.25, 0.3) is 0 Å². The molecule has 4 aliphatic rings. The molecule has 158 valence electrons. The van der Waals surface area contributed by atoms with Crippen LogP contribution >= 0.6 is 0 Å². The van der Waals surface area contributed by atoms with E-state index in [1.54, 1.807) is 0 Å². The van der Waals surface area contributed by atoms with Crippen molar-refractivity contribution in [3.05, 3.63) is 11.6 Å². The van der Waals surface area contributed by atoms with Crippen molar-refractivity contribution in [2.45, 2.75) is 84.3 Å². The molecule has 0 unspecified atom stereocenters. The molecule has 3 saturated carbocycles. The van der Waals surface area contributed by atoms with Crippen LogP contribution in [0, 0.1) is 28.6 Å². The highest BCUT2D eigenvalue weighted by atomic mass is 17.2. The Labute approximate surface area is 168 Å². The lowest BCUT2D eigenvalue weighted by Gasteiger charge is -2.58. The number of hydrogen-bond donors (Lipinski definition) is 1. The summed E-state index contributed by atoms with van der Waals surface area (Å²) < 4.78 is 5.50. The zero-order chi connectivity index (χ0) is 19.9. The zero-order valence-electron chi connectivity index (χ0n) is 17.6. The lowest BCUT2D eigenvalue weighted by Crippen LogP contribution is -2.55.